The molecule has 3 aromatic carbocycles. The predicted molar refractivity (Wildman–Crippen MR) is 94.2 cm³/mol. The van der Waals surface area contributed by atoms with Crippen molar-refractivity contribution in [1.29, 1.82) is 5.26 Å². The van der Waals surface area contributed by atoms with Crippen LogP contribution in [0.15, 0.2) is 60.7 Å². The van der Waals surface area contributed by atoms with Crippen molar-refractivity contribution in [3.05, 3.63) is 71.8 Å². The summed E-state index contributed by atoms with van der Waals surface area (Å²) >= 11 is 0. The van der Waals surface area contributed by atoms with Gasteiger partial charge in [-0.05, 0) is 42.1 Å². The van der Waals surface area contributed by atoms with Gasteiger partial charge in [-0.2, -0.15) is 5.26 Å². The van der Waals surface area contributed by atoms with Crippen LogP contribution in [0.2, 0.25) is 0 Å². The number of anilines is 1. The van der Waals surface area contributed by atoms with Crippen LogP contribution in [0.1, 0.15) is 15.9 Å². The SMILES string of the molecule is Cc1cccc(NC(=O)c2ccc(OCC#N)c3ccccc23)c1. The topological polar surface area (TPSA) is 62.1 Å². The monoisotopic (exact) mass is 316 g/mol. The molecule has 24 heavy (non-hydrogen) atoms. The van der Waals surface area contributed by atoms with E-state index in [2.05, 4.69) is 5.32 Å². The molecule has 0 heterocycles. The molecule has 0 atom stereocenters. The lowest BCUT2D eigenvalue weighted by atomic mass is 10.0. The number of rotatable bonds is 4. The number of nitriles is 1. The fourth-order valence-electron chi connectivity index (χ4n) is 2.63. The van der Waals surface area contributed by atoms with E-state index in [1.807, 2.05) is 61.5 Å². The largest absolute Gasteiger partial charge is 0.478 e. The summed E-state index contributed by atoms with van der Waals surface area (Å²) in [6, 6.07) is 20.6. The molecule has 0 saturated carbocycles. The molecule has 0 spiro atoms. The Bertz CT molecular complexity index is 942. The van der Waals surface area contributed by atoms with Gasteiger partial charge in [-0.3, -0.25) is 4.79 Å². The Morgan fingerprint density at radius 1 is 1.08 bits per heavy atom. The van der Waals surface area contributed by atoms with E-state index in [9.17, 15) is 4.79 Å². The predicted octanol–water partition coefficient (Wildman–Crippen LogP) is 4.30. The van der Waals surface area contributed by atoms with Gasteiger partial charge in [-0.1, -0.05) is 36.4 Å². The first-order valence-corrected chi connectivity index (χ1v) is 7.58. The average molecular weight is 316 g/mol. The van der Waals surface area contributed by atoms with Crippen molar-refractivity contribution in [2.75, 3.05) is 11.9 Å². The number of benzene rings is 3. The molecule has 1 amide bonds. The molecule has 0 aliphatic rings. The van der Waals surface area contributed by atoms with E-state index >= 15 is 0 Å². The summed E-state index contributed by atoms with van der Waals surface area (Å²) in [5, 5.41) is 13.2. The van der Waals surface area contributed by atoms with Crippen LogP contribution in [0.5, 0.6) is 5.75 Å². The summed E-state index contributed by atoms with van der Waals surface area (Å²) < 4.78 is 5.44. The molecule has 3 rings (SSSR count). The Balaban J connectivity index is 1.97. The number of hydrogen-bond acceptors (Lipinski definition) is 3. The maximum atomic E-state index is 12.7. The average Bonchev–Trinajstić information content (AvgIpc) is 2.59. The summed E-state index contributed by atoms with van der Waals surface area (Å²) in [7, 11) is 0. The van der Waals surface area contributed by atoms with Gasteiger partial charge < -0.3 is 10.1 Å². The Morgan fingerprint density at radius 2 is 1.88 bits per heavy atom. The van der Waals surface area contributed by atoms with Gasteiger partial charge in [0.2, 0.25) is 0 Å². The number of ether oxygens (including phenoxy) is 1. The first kappa shape index (κ1) is 15.6. The smallest absolute Gasteiger partial charge is 0.256 e. The summed E-state index contributed by atoms with van der Waals surface area (Å²) in [4.78, 5) is 12.7. The summed E-state index contributed by atoms with van der Waals surface area (Å²) in [6.45, 7) is 1.95. The molecule has 1 N–H and O–H groups in total. The molecule has 3 aromatic rings. The molecule has 0 aliphatic heterocycles. The highest BCUT2D eigenvalue weighted by Gasteiger charge is 2.13. The van der Waals surface area contributed by atoms with Gasteiger partial charge >= 0.3 is 0 Å². The molecular weight excluding hydrogens is 300 g/mol. The van der Waals surface area contributed by atoms with Crippen molar-refractivity contribution < 1.29 is 9.53 Å². The Kier molecular flexibility index (Phi) is 4.44. The van der Waals surface area contributed by atoms with Crippen molar-refractivity contribution in [3.8, 4) is 11.8 Å². The Labute approximate surface area is 140 Å². The number of carbonyl (C=O) groups is 1. The van der Waals surface area contributed by atoms with E-state index in [4.69, 9.17) is 10.00 Å². The zero-order valence-electron chi connectivity index (χ0n) is 13.2. The van der Waals surface area contributed by atoms with E-state index in [0.29, 0.717) is 11.3 Å². The lowest BCUT2D eigenvalue weighted by Gasteiger charge is -2.11. The fraction of sp³-hybridized carbons (Fsp3) is 0.100. The second kappa shape index (κ2) is 6.84. The van der Waals surface area contributed by atoms with Crippen LogP contribution in [0.3, 0.4) is 0 Å². The van der Waals surface area contributed by atoms with Crippen molar-refractivity contribution in [2.45, 2.75) is 6.92 Å². The second-order valence-corrected chi connectivity index (χ2v) is 5.43. The van der Waals surface area contributed by atoms with Crippen LogP contribution in [-0.4, -0.2) is 12.5 Å². The van der Waals surface area contributed by atoms with Crippen LogP contribution in [0.4, 0.5) is 5.69 Å². The molecule has 0 bridgehead atoms. The van der Waals surface area contributed by atoms with Crippen molar-refractivity contribution in [3.63, 3.8) is 0 Å². The van der Waals surface area contributed by atoms with E-state index in [-0.39, 0.29) is 12.5 Å². The standard InChI is InChI=1S/C20H16N2O2/c1-14-5-4-6-15(13-14)22-20(23)18-9-10-19(24-12-11-21)17-8-3-2-7-16(17)18/h2-10,13H,12H2,1H3,(H,22,23). The minimum absolute atomic E-state index is 0.0289. The zero-order chi connectivity index (χ0) is 16.9. The van der Waals surface area contributed by atoms with Gasteiger partial charge in [0, 0.05) is 16.6 Å². The van der Waals surface area contributed by atoms with E-state index in [1.54, 1.807) is 12.1 Å². The minimum atomic E-state index is -0.177. The molecule has 0 fully saturated rings. The van der Waals surface area contributed by atoms with Crippen molar-refractivity contribution in [1.82, 2.24) is 0 Å². The number of amides is 1. The van der Waals surface area contributed by atoms with Gasteiger partial charge in [0.15, 0.2) is 6.61 Å². The maximum Gasteiger partial charge on any atom is 0.256 e. The number of nitrogens with one attached hydrogen (secondary N) is 1. The number of nitrogens with zero attached hydrogens (tertiary/aromatic N) is 1. The van der Waals surface area contributed by atoms with E-state index < -0.39 is 0 Å². The quantitative estimate of drug-likeness (QED) is 0.780. The lowest BCUT2D eigenvalue weighted by Crippen LogP contribution is -2.12. The maximum absolute atomic E-state index is 12.7. The molecule has 0 saturated heterocycles. The summed E-state index contributed by atoms with van der Waals surface area (Å²) in [5.74, 6) is 0.419. The fourth-order valence-corrected chi connectivity index (χ4v) is 2.63. The van der Waals surface area contributed by atoms with Crippen LogP contribution in [-0.2, 0) is 0 Å². The zero-order valence-corrected chi connectivity index (χ0v) is 13.2. The summed E-state index contributed by atoms with van der Waals surface area (Å²) in [5.41, 5.74) is 2.41. The number of carbonyl (C=O) groups excluding carboxylic acids is 1. The molecule has 0 unspecified atom stereocenters. The Hall–Kier alpha value is -3.32. The first-order chi connectivity index (χ1) is 11.7. The third-order valence-electron chi connectivity index (χ3n) is 3.70. The van der Waals surface area contributed by atoms with Crippen LogP contribution >= 0.6 is 0 Å². The second-order valence-electron chi connectivity index (χ2n) is 5.43. The molecule has 0 aromatic heterocycles. The first-order valence-electron chi connectivity index (χ1n) is 7.58. The van der Waals surface area contributed by atoms with Gasteiger partial charge in [0.05, 0.1) is 0 Å². The molecule has 0 aliphatic carbocycles. The minimum Gasteiger partial charge on any atom is -0.478 e. The number of hydrogen-bond donors (Lipinski definition) is 1. The van der Waals surface area contributed by atoms with Crippen LogP contribution in [0.25, 0.3) is 10.8 Å². The molecule has 4 heteroatoms. The third kappa shape index (κ3) is 3.21. The normalized spacial score (nSPS) is 10.2. The lowest BCUT2D eigenvalue weighted by molar-refractivity contribution is 0.102. The highest BCUT2D eigenvalue weighted by molar-refractivity contribution is 6.13. The molecule has 0 radical (unpaired) electrons. The summed E-state index contributed by atoms with van der Waals surface area (Å²) in [6.07, 6.45) is 0. The van der Waals surface area contributed by atoms with Gasteiger partial charge in [0.1, 0.15) is 11.8 Å². The van der Waals surface area contributed by atoms with Gasteiger partial charge in [-0.25, -0.2) is 0 Å². The third-order valence-corrected chi connectivity index (χ3v) is 3.70. The van der Waals surface area contributed by atoms with E-state index in [0.717, 1.165) is 22.0 Å². The van der Waals surface area contributed by atoms with Gasteiger partial charge in [-0.15, -0.1) is 0 Å². The highest BCUT2D eigenvalue weighted by Crippen LogP contribution is 2.29. The van der Waals surface area contributed by atoms with Crippen molar-refractivity contribution >= 4 is 22.4 Å². The van der Waals surface area contributed by atoms with E-state index in [1.165, 1.54) is 0 Å². The number of aryl methyl sites for hydroxylation is 1. The van der Waals surface area contributed by atoms with Crippen LogP contribution < -0.4 is 10.1 Å². The molecule has 4 nitrogen and oxygen atoms in total. The van der Waals surface area contributed by atoms with Gasteiger partial charge in [0.25, 0.3) is 5.91 Å². The molecular formula is C20H16N2O2. The molecule has 118 valence electrons. The van der Waals surface area contributed by atoms with Crippen molar-refractivity contribution in [2.24, 2.45) is 0 Å². The van der Waals surface area contributed by atoms with Crippen LogP contribution in [0, 0.1) is 18.3 Å². The Morgan fingerprint density at radius 3 is 2.62 bits per heavy atom. The number of fused-ring (bicyclic) bond motifs is 1. The highest BCUT2D eigenvalue weighted by atomic mass is 16.5.